The second kappa shape index (κ2) is 5.00. The maximum atomic E-state index is 11.5. The average Bonchev–Trinajstić information content (AvgIpc) is 3.00. The van der Waals surface area contributed by atoms with E-state index in [0.717, 1.165) is 12.8 Å². The van der Waals surface area contributed by atoms with Crippen LogP contribution in [0.5, 0.6) is 0 Å². The van der Waals surface area contributed by atoms with Crippen molar-refractivity contribution in [3.63, 3.8) is 0 Å². The summed E-state index contributed by atoms with van der Waals surface area (Å²) in [4.78, 5) is 24.1. The number of ether oxygens (including phenoxy) is 1. The van der Waals surface area contributed by atoms with E-state index in [1.807, 2.05) is 0 Å². The highest BCUT2D eigenvalue weighted by Crippen LogP contribution is 2.18. The molecule has 1 rings (SSSR count). The first kappa shape index (κ1) is 11.8. The maximum absolute atomic E-state index is 11.5. The lowest BCUT2D eigenvalue weighted by Gasteiger charge is -2.20. The van der Waals surface area contributed by atoms with Crippen LogP contribution in [0.25, 0.3) is 0 Å². The van der Waals surface area contributed by atoms with Crippen molar-refractivity contribution in [2.24, 2.45) is 5.92 Å². The number of hydrogen-bond donors (Lipinski definition) is 1. The molecule has 0 aromatic rings. The predicted octanol–water partition coefficient (Wildman–Crippen LogP) is 0.599. The van der Waals surface area contributed by atoms with E-state index in [-0.39, 0.29) is 17.9 Å². The predicted molar refractivity (Wildman–Crippen MR) is 55.4 cm³/mol. The third-order valence-corrected chi connectivity index (χ3v) is 2.40. The molecule has 0 heterocycles. The summed E-state index contributed by atoms with van der Waals surface area (Å²) < 4.78 is 4.59. The molecule has 1 atom stereocenters. The lowest BCUT2D eigenvalue weighted by atomic mass is 10.2. The third-order valence-electron chi connectivity index (χ3n) is 2.40. The molecule has 1 saturated carbocycles. The molecule has 86 valence electrons. The number of methoxy groups -OCH3 is 1. The van der Waals surface area contributed by atoms with Gasteiger partial charge in [0.15, 0.2) is 0 Å². The van der Waals surface area contributed by atoms with Crippen molar-refractivity contribution in [2.75, 3.05) is 20.7 Å². The maximum Gasteiger partial charge on any atom is 0.317 e. The van der Waals surface area contributed by atoms with Gasteiger partial charge < -0.3 is 15.0 Å². The molecule has 0 aliphatic heterocycles. The van der Waals surface area contributed by atoms with Crippen LogP contribution in [0.15, 0.2) is 0 Å². The minimum Gasteiger partial charge on any atom is -0.469 e. The van der Waals surface area contributed by atoms with Gasteiger partial charge in [-0.3, -0.25) is 4.79 Å². The second-order valence-corrected chi connectivity index (χ2v) is 4.03. The van der Waals surface area contributed by atoms with E-state index in [1.165, 1.54) is 12.0 Å². The number of hydrogen-bond acceptors (Lipinski definition) is 3. The van der Waals surface area contributed by atoms with Gasteiger partial charge in [-0.1, -0.05) is 6.92 Å². The molecule has 1 fully saturated rings. The zero-order valence-electron chi connectivity index (χ0n) is 9.45. The fourth-order valence-electron chi connectivity index (χ4n) is 1.28. The SMILES string of the molecule is COC(=O)C(C)CN(C)C(=O)NC1CC1. The van der Waals surface area contributed by atoms with Crippen molar-refractivity contribution >= 4 is 12.0 Å². The summed E-state index contributed by atoms with van der Waals surface area (Å²) in [6.07, 6.45) is 2.12. The molecule has 15 heavy (non-hydrogen) atoms. The van der Waals surface area contributed by atoms with Crippen molar-refractivity contribution in [1.29, 1.82) is 0 Å². The van der Waals surface area contributed by atoms with Crippen LogP contribution in [0.2, 0.25) is 0 Å². The molecule has 0 aromatic heterocycles. The summed E-state index contributed by atoms with van der Waals surface area (Å²) in [5, 5.41) is 2.85. The minimum absolute atomic E-state index is 0.117. The summed E-state index contributed by atoms with van der Waals surface area (Å²) in [5.41, 5.74) is 0. The smallest absolute Gasteiger partial charge is 0.317 e. The highest BCUT2D eigenvalue weighted by molar-refractivity contribution is 5.76. The molecular weight excluding hydrogens is 196 g/mol. The summed E-state index contributed by atoms with van der Waals surface area (Å²) in [6, 6.07) is 0.224. The summed E-state index contributed by atoms with van der Waals surface area (Å²) in [7, 11) is 3.03. The van der Waals surface area contributed by atoms with Crippen molar-refractivity contribution in [2.45, 2.75) is 25.8 Å². The zero-order valence-corrected chi connectivity index (χ0v) is 9.45. The van der Waals surface area contributed by atoms with Crippen LogP contribution in [0.4, 0.5) is 4.79 Å². The number of esters is 1. The fraction of sp³-hybridized carbons (Fsp3) is 0.800. The lowest BCUT2D eigenvalue weighted by molar-refractivity contribution is -0.145. The van der Waals surface area contributed by atoms with Gasteiger partial charge in [0.2, 0.25) is 0 Å². The van der Waals surface area contributed by atoms with Crippen LogP contribution in [-0.2, 0) is 9.53 Å². The Morgan fingerprint density at radius 1 is 1.53 bits per heavy atom. The third kappa shape index (κ3) is 3.77. The molecule has 0 saturated heterocycles. The molecule has 0 bridgehead atoms. The first-order valence-electron chi connectivity index (χ1n) is 5.14. The number of nitrogens with one attached hydrogen (secondary N) is 1. The van der Waals surface area contributed by atoms with E-state index in [2.05, 4.69) is 10.1 Å². The molecule has 1 aliphatic rings. The van der Waals surface area contributed by atoms with Gasteiger partial charge in [0.05, 0.1) is 13.0 Å². The molecule has 0 radical (unpaired) electrons. The molecule has 1 aliphatic carbocycles. The molecule has 2 amide bonds. The van der Waals surface area contributed by atoms with Gasteiger partial charge in [-0.25, -0.2) is 4.79 Å². The first-order valence-corrected chi connectivity index (χ1v) is 5.14. The molecular formula is C10H18N2O3. The Morgan fingerprint density at radius 2 is 2.13 bits per heavy atom. The molecule has 0 spiro atoms. The Labute approximate surface area is 89.8 Å². The standard InChI is InChI=1S/C10H18N2O3/c1-7(9(13)15-3)6-12(2)10(14)11-8-4-5-8/h7-8H,4-6H2,1-3H3,(H,11,14). The zero-order chi connectivity index (χ0) is 11.4. The van der Waals surface area contributed by atoms with E-state index in [9.17, 15) is 9.59 Å². The van der Waals surface area contributed by atoms with Gasteiger partial charge in [-0.15, -0.1) is 0 Å². The summed E-state index contributed by atoms with van der Waals surface area (Å²) >= 11 is 0. The van der Waals surface area contributed by atoms with Crippen molar-refractivity contribution in [1.82, 2.24) is 10.2 Å². The molecule has 0 aromatic carbocycles. The molecule has 5 nitrogen and oxygen atoms in total. The van der Waals surface area contributed by atoms with Crippen LogP contribution < -0.4 is 5.32 Å². The quantitative estimate of drug-likeness (QED) is 0.697. The number of carbonyl (C=O) groups excluding carboxylic acids is 2. The number of urea groups is 1. The van der Waals surface area contributed by atoms with Crippen molar-refractivity contribution in [3.8, 4) is 0 Å². The second-order valence-electron chi connectivity index (χ2n) is 4.03. The van der Waals surface area contributed by atoms with Gasteiger partial charge in [-0.05, 0) is 12.8 Å². The van der Waals surface area contributed by atoms with E-state index in [4.69, 9.17) is 0 Å². The number of rotatable bonds is 4. The Bertz CT molecular complexity index is 251. The highest BCUT2D eigenvalue weighted by Gasteiger charge is 2.26. The van der Waals surface area contributed by atoms with E-state index >= 15 is 0 Å². The summed E-state index contributed by atoms with van der Waals surface area (Å²) in [5.74, 6) is -0.578. The first-order chi connectivity index (χ1) is 7.04. The van der Waals surface area contributed by atoms with E-state index in [1.54, 1.807) is 14.0 Å². The molecule has 1 N–H and O–H groups in total. The van der Waals surface area contributed by atoms with E-state index in [0.29, 0.717) is 12.6 Å². The van der Waals surface area contributed by atoms with Gasteiger partial charge in [-0.2, -0.15) is 0 Å². The number of nitrogens with zero attached hydrogens (tertiary/aromatic N) is 1. The Balaban J connectivity index is 2.29. The Kier molecular flexibility index (Phi) is 3.94. The Hall–Kier alpha value is -1.26. The monoisotopic (exact) mass is 214 g/mol. The van der Waals surface area contributed by atoms with E-state index < -0.39 is 0 Å². The Morgan fingerprint density at radius 3 is 2.60 bits per heavy atom. The van der Waals surface area contributed by atoms with Crippen LogP contribution in [0.1, 0.15) is 19.8 Å². The molecule has 1 unspecified atom stereocenters. The lowest BCUT2D eigenvalue weighted by Crippen LogP contribution is -2.41. The van der Waals surface area contributed by atoms with Gasteiger partial charge in [0.1, 0.15) is 0 Å². The van der Waals surface area contributed by atoms with Crippen LogP contribution in [-0.4, -0.2) is 43.6 Å². The largest absolute Gasteiger partial charge is 0.469 e. The molecule has 5 heteroatoms. The summed E-state index contributed by atoms with van der Waals surface area (Å²) in [6.45, 7) is 2.12. The van der Waals surface area contributed by atoms with Crippen molar-refractivity contribution in [3.05, 3.63) is 0 Å². The number of amides is 2. The average molecular weight is 214 g/mol. The van der Waals surface area contributed by atoms with Crippen molar-refractivity contribution < 1.29 is 14.3 Å². The van der Waals surface area contributed by atoms with Gasteiger partial charge in [0, 0.05) is 19.6 Å². The van der Waals surface area contributed by atoms with Gasteiger partial charge >= 0.3 is 12.0 Å². The minimum atomic E-state index is -0.291. The topological polar surface area (TPSA) is 58.6 Å². The van der Waals surface area contributed by atoms with Crippen LogP contribution in [0, 0.1) is 5.92 Å². The normalized spacial score (nSPS) is 16.7. The number of carbonyl (C=O) groups is 2. The fourth-order valence-corrected chi connectivity index (χ4v) is 1.28. The highest BCUT2D eigenvalue weighted by atomic mass is 16.5. The van der Waals surface area contributed by atoms with Crippen LogP contribution >= 0.6 is 0 Å². The van der Waals surface area contributed by atoms with Crippen LogP contribution in [0.3, 0.4) is 0 Å². The van der Waals surface area contributed by atoms with Gasteiger partial charge in [0.25, 0.3) is 0 Å².